The molecule has 1 fully saturated rings. The van der Waals surface area contributed by atoms with Gasteiger partial charge in [0.15, 0.2) is 0 Å². The van der Waals surface area contributed by atoms with Crippen molar-refractivity contribution in [1.29, 1.82) is 0 Å². The Hall–Kier alpha value is -0.810. The average Bonchev–Trinajstić information content (AvgIpc) is 2.37. The largest absolute Gasteiger partial charge is 0.450 e. The summed E-state index contributed by atoms with van der Waals surface area (Å²) in [7, 11) is 0. The smallest absolute Gasteiger partial charge is 0.409 e. The number of hydrogen-bond acceptors (Lipinski definition) is 4. The highest BCUT2D eigenvalue weighted by Crippen LogP contribution is 2.11. The normalized spacial score (nSPS) is 18.7. The summed E-state index contributed by atoms with van der Waals surface area (Å²) < 4.78 is 10.5. The van der Waals surface area contributed by atoms with E-state index in [0.29, 0.717) is 12.6 Å². The quantitative estimate of drug-likeness (QED) is 0.786. The van der Waals surface area contributed by atoms with E-state index in [1.165, 1.54) is 0 Å². The Kier molecular flexibility index (Phi) is 7.05. The van der Waals surface area contributed by atoms with Crippen molar-refractivity contribution < 1.29 is 14.3 Å². The van der Waals surface area contributed by atoms with Crippen LogP contribution in [0.1, 0.15) is 33.6 Å². The predicted molar refractivity (Wildman–Crippen MR) is 70.7 cm³/mol. The summed E-state index contributed by atoms with van der Waals surface area (Å²) >= 11 is 0. The minimum absolute atomic E-state index is 0.182. The number of piperidine rings is 1. The van der Waals surface area contributed by atoms with Crippen molar-refractivity contribution in [1.82, 2.24) is 10.2 Å². The fourth-order valence-electron chi connectivity index (χ4n) is 2.16. The molecule has 0 radical (unpaired) electrons. The van der Waals surface area contributed by atoms with Crippen LogP contribution < -0.4 is 5.32 Å². The van der Waals surface area contributed by atoms with Gasteiger partial charge in [-0.3, -0.25) is 0 Å². The van der Waals surface area contributed by atoms with Crippen molar-refractivity contribution in [3.8, 4) is 0 Å². The molecule has 1 aliphatic heterocycles. The van der Waals surface area contributed by atoms with Crippen LogP contribution in [0.2, 0.25) is 0 Å². The standard InChI is InChI=1S/C13H26N2O3/c1-4-17-11(3)10-14-12-6-8-15(9-7-12)13(16)18-5-2/h11-12,14H,4-10H2,1-3H3. The minimum Gasteiger partial charge on any atom is -0.450 e. The summed E-state index contributed by atoms with van der Waals surface area (Å²) in [5.74, 6) is 0. The lowest BCUT2D eigenvalue weighted by Crippen LogP contribution is -2.46. The zero-order chi connectivity index (χ0) is 13.4. The summed E-state index contributed by atoms with van der Waals surface area (Å²) in [5.41, 5.74) is 0. The molecule has 1 aliphatic rings. The van der Waals surface area contributed by atoms with Crippen molar-refractivity contribution in [2.75, 3.05) is 32.8 Å². The first-order valence-corrected chi connectivity index (χ1v) is 6.94. The summed E-state index contributed by atoms with van der Waals surface area (Å²) in [6.07, 6.45) is 2.03. The van der Waals surface area contributed by atoms with E-state index in [-0.39, 0.29) is 12.2 Å². The number of nitrogens with one attached hydrogen (secondary N) is 1. The highest BCUT2D eigenvalue weighted by Gasteiger charge is 2.23. The van der Waals surface area contributed by atoms with Crippen LogP contribution in [-0.2, 0) is 9.47 Å². The summed E-state index contributed by atoms with van der Waals surface area (Å²) in [5, 5.41) is 3.49. The van der Waals surface area contributed by atoms with Crippen molar-refractivity contribution in [3.63, 3.8) is 0 Å². The maximum Gasteiger partial charge on any atom is 0.409 e. The summed E-state index contributed by atoms with van der Waals surface area (Å²) in [6, 6.07) is 0.485. The summed E-state index contributed by atoms with van der Waals surface area (Å²) in [4.78, 5) is 13.3. The number of amides is 1. The third-order valence-electron chi connectivity index (χ3n) is 3.17. The molecule has 0 aromatic rings. The molecule has 0 aliphatic carbocycles. The zero-order valence-corrected chi connectivity index (χ0v) is 11.8. The van der Waals surface area contributed by atoms with Crippen LogP contribution in [0.15, 0.2) is 0 Å². The molecule has 1 atom stereocenters. The number of carbonyl (C=O) groups is 1. The van der Waals surface area contributed by atoms with Gasteiger partial charge < -0.3 is 19.7 Å². The molecule has 1 amide bonds. The lowest BCUT2D eigenvalue weighted by atomic mass is 10.1. The second kappa shape index (κ2) is 8.32. The van der Waals surface area contributed by atoms with E-state index in [1.807, 2.05) is 13.8 Å². The topological polar surface area (TPSA) is 50.8 Å². The van der Waals surface area contributed by atoms with Gasteiger partial charge in [0.05, 0.1) is 12.7 Å². The van der Waals surface area contributed by atoms with Crippen LogP contribution in [0.4, 0.5) is 4.79 Å². The Balaban J connectivity index is 2.17. The molecular formula is C13H26N2O3. The first kappa shape index (κ1) is 15.2. The SMILES string of the molecule is CCOC(=O)N1CCC(NCC(C)OCC)CC1. The molecule has 1 heterocycles. The maximum absolute atomic E-state index is 11.5. The fraction of sp³-hybridized carbons (Fsp3) is 0.923. The minimum atomic E-state index is -0.182. The van der Waals surface area contributed by atoms with E-state index >= 15 is 0 Å². The third kappa shape index (κ3) is 5.23. The van der Waals surface area contributed by atoms with Crippen LogP contribution in [0, 0.1) is 0 Å². The molecule has 1 saturated heterocycles. The average molecular weight is 258 g/mol. The Morgan fingerprint density at radius 2 is 2.00 bits per heavy atom. The molecule has 0 saturated carbocycles. The molecule has 18 heavy (non-hydrogen) atoms. The molecule has 1 rings (SSSR count). The van der Waals surface area contributed by atoms with Gasteiger partial charge in [0.25, 0.3) is 0 Å². The molecule has 5 nitrogen and oxygen atoms in total. The van der Waals surface area contributed by atoms with Gasteiger partial charge in [0.2, 0.25) is 0 Å². The van der Waals surface area contributed by atoms with Gasteiger partial charge in [-0.1, -0.05) is 0 Å². The fourth-order valence-corrected chi connectivity index (χ4v) is 2.16. The number of ether oxygens (including phenoxy) is 2. The molecule has 0 aromatic heterocycles. The van der Waals surface area contributed by atoms with Gasteiger partial charge in [0.1, 0.15) is 0 Å². The van der Waals surface area contributed by atoms with Crippen LogP contribution in [0.5, 0.6) is 0 Å². The van der Waals surface area contributed by atoms with E-state index in [9.17, 15) is 4.79 Å². The van der Waals surface area contributed by atoms with E-state index in [1.54, 1.807) is 4.90 Å². The zero-order valence-electron chi connectivity index (χ0n) is 11.8. The van der Waals surface area contributed by atoms with Crippen LogP contribution in [0.3, 0.4) is 0 Å². The number of rotatable bonds is 6. The van der Waals surface area contributed by atoms with Gasteiger partial charge in [0, 0.05) is 32.3 Å². The van der Waals surface area contributed by atoms with E-state index in [0.717, 1.165) is 39.1 Å². The second-order valence-corrected chi connectivity index (χ2v) is 4.63. The molecule has 5 heteroatoms. The first-order chi connectivity index (χ1) is 8.67. The van der Waals surface area contributed by atoms with Gasteiger partial charge in [-0.2, -0.15) is 0 Å². The van der Waals surface area contributed by atoms with E-state index < -0.39 is 0 Å². The van der Waals surface area contributed by atoms with E-state index in [4.69, 9.17) is 9.47 Å². The number of likely N-dealkylation sites (tertiary alicyclic amines) is 1. The summed E-state index contributed by atoms with van der Waals surface area (Å²) in [6.45, 7) is 9.55. The van der Waals surface area contributed by atoms with E-state index in [2.05, 4.69) is 12.2 Å². The van der Waals surface area contributed by atoms with Crippen molar-refractivity contribution in [3.05, 3.63) is 0 Å². The first-order valence-electron chi connectivity index (χ1n) is 6.94. The van der Waals surface area contributed by atoms with Gasteiger partial charge >= 0.3 is 6.09 Å². The molecule has 1 N–H and O–H groups in total. The van der Waals surface area contributed by atoms with Crippen LogP contribution in [0.25, 0.3) is 0 Å². The lowest BCUT2D eigenvalue weighted by Gasteiger charge is -2.32. The predicted octanol–water partition coefficient (Wildman–Crippen LogP) is 1.62. The van der Waals surface area contributed by atoms with Crippen LogP contribution >= 0.6 is 0 Å². The molecule has 0 spiro atoms. The molecular weight excluding hydrogens is 232 g/mol. The Labute approximate surface area is 110 Å². The number of nitrogens with zero attached hydrogens (tertiary/aromatic N) is 1. The highest BCUT2D eigenvalue weighted by molar-refractivity contribution is 5.67. The molecule has 106 valence electrons. The second-order valence-electron chi connectivity index (χ2n) is 4.63. The number of carbonyl (C=O) groups excluding carboxylic acids is 1. The maximum atomic E-state index is 11.5. The van der Waals surface area contributed by atoms with Gasteiger partial charge in [-0.25, -0.2) is 4.79 Å². The molecule has 0 bridgehead atoms. The van der Waals surface area contributed by atoms with Crippen molar-refractivity contribution >= 4 is 6.09 Å². The van der Waals surface area contributed by atoms with Crippen molar-refractivity contribution in [2.45, 2.75) is 45.8 Å². The highest BCUT2D eigenvalue weighted by atomic mass is 16.6. The Morgan fingerprint density at radius 3 is 2.56 bits per heavy atom. The third-order valence-corrected chi connectivity index (χ3v) is 3.17. The number of hydrogen-bond donors (Lipinski definition) is 1. The Bertz CT molecular complexity index is 240. The van der Waals surface area contributed by atoms with Gasteiger partial charge in [-0.15, -0.1) is 0 Å². The molecule has 1 unspecified atom stereocenters. The lowest BCUT2D eigenvalue weighted by molar-refractivity contribution is 0.0683. The van der Waals surface area contributed by atoms with Crippen molar-refractivity contribution in [2.24, 2.45) is 0 Å². The Morgan fingerprint density at radius 1 is 1.33 bits per heavy atom. The van der Waals surface area contributed by atoms with Gasteiger partial charge in [-0.05, 0) is 33.6 Å². The van der Waals surface area contributed by atoms with Crippen LogP contribution in [-0.4, -0.2) is 56.0 Å². The molecule has 0 aromatic carbocycles. The monoisotopic (exact) mass is 258 g/mol.